The predicted octanol–water partition coefficient (Wildman–Crippen LogP) is 3.62. The number of rotatable bonds is 8. The van der Waals surface area contributed by atoms with Crippen LogP contribution >= 0.6 is 0 Å². The Hall–Kier alpha value is -2.20. The molecule has 0 heterocycles. The number of benzene rings is 2. The quantitative estimate of drug-likeness (QED) is 0.808. The molecule has 0 saturated carbocycles. The summed E-state index contributed by atoms with van der Waals surface area (Å²) >= 11 is 0. The molecule has 124 valence electrons. The number of hydrogen-bond acceptors (Lipinski definition) is 4. The summed E-state index contributed by atoms with van der Waals surface area (Å²) in [6.45, 7) is 6.11. The average molecular weight is 314 g/mol. The van der Waals surface area contributed by atoms with Gasteiger partial charge < -0.3 is 20.1 Å². The summed E-state index contributed by atoms with van der Waals surface area (Å²) in [5.74, 6) is 1.50. The molecule has 23 heavy (non-hydrogen) atoms. The molecular formula is C19H26N2O2. The molecule has 2 N–H and O–H groups in total. The molecule has 0 saturated heterocycles. The van der Waals surface area contributed by atoms with Gasteiger partial charge in [0.25, 0.3) is 0 Å². The van der Waals surface area contributed by atoms with Crippen molar-refractivity contribution in [3.8, 4) is 11.5 Å². The summed E-state index contributed by atoms with van der Waals surface area (Å²) in [6, 6.07) is 16.5. The van der Waals surface area contributed by atoms with E-state index >= 15 is 0 Å². The maximum absolute atomic E-state index is 6.10. The Morgan fingerprint density at radius 3 is 2.35 bits per heavy atom. The lowest BCUT2D eigenvalue weighted by molar-refractivity contribution is 0.310. The van der Waals surface area contributed by atoms with Crippen LogP contribution in [0.15, 0.2) is 48.5 Å². The highest BCUT2D eigenvalue weighted by Crippen LogP contribution is 2.33. The van der Waals surface area contributed by atoms with E-state index in [9.17, 15) is 0 Å². The number of nitrogens with two attached hydrogens (primary N) is 1. The van der Waals surface area contributed by atoms with Crippen molar-refractivity contribution in [2.75, 3.05) is 31.7 Å². The van der Waals surface area contributed by atoms with Gasteiger partial charge in [-0.15, -0.1) is 0 Å². The molecular weight excluding hydrogens is 288 g/mol. The minimum Gasteiger partial charge on any atom is -0.493 e. The zero-order valence-electron chi connectivity index (χ0n) is 14.2. The van der Waals surface area contributed by atoms with Crippen molar-refractivity contribution in [1.82, 2.24) is 0 Å². The lowest BCUT2D eigenvalue weighted by Crippen LogP contribution is -2.33. The summed E-state index contributed by atoms with van der Waals surface area (Å²) in [6.07, 6.45) is 0. The number of methoxy groups -OCH3 is 1. The van der Waals surface area contributed by atoms with Gasteiger partial charge in [-0.3, -0.25) is 0 Å². The lowest BCUT2D eigenvalue weighted by atomic mass is 10.0. The molecule has 4 nitrogen and oxygen atoms in total. The number of ether oxygens (including phenoxy) is 2. The minimum absolute atomic E-state index is 0.0903. The van der Waals surface area contributed by atoms with Gasteiger partial charge >= 0.3 is 0 Å². The fourth-order valence-corrected chi connectivity index (χ4v) is 2.81. The zero-order valence-corrected chi connectivity index (χ0v) is 14.2. The van der Waals surface area contributed by atoms with Gasteiger partial charge in [-0.2, -0.15) is 0 Å². The van der Waals surface area contributed by atoms with E-state index in [-0.39, 0.29) is 6.04 Å². The number of nitrogens with zero attached hydrogens (tertiary/aromatic N) is 1. The largest absolute Gasteiger partial charge is 0.493 e. The van der Waals surface area contributed by atoms with Crippen molar-refractivity contribution in [2.24, 2.45) is 5.73 Å². The smallest absolute Gasteiger partial charge is 0.161 e. The van der Waals surface area contributed by atoms with Gasteiger partial charge in [0.05, 0.1) is 19.8 Å². The molecule has 2 aromatic rings. The first-order valence-corrected chi connectivity index (χ1v) is 8.07. The van der Waals surface area contributed by atoms with Gasteiger partial charge in [-0.25, -0.2) is 0 Å². The monoisotopic (exact) mass is 314 g/mol. The van der Waals surface area contributed by atoms with Crippen molar-refractivity contribution in [1.29, 1.82) is 0 Å². The molecule has 0 aliphatic rings. The Labute approximate surface area is 138 Å². The molecule has 4 heteroatoms. The summed E-state index contributed by atoms with van der Waals surface area (Å²) in [5, 5.41) is 0. The summed E-state index contributed by atoms with van der Waals surface area (Å²) < 4.78 is 11.1. The van der Waals surface area contributed by atoms with E-state index in [1.807, 2.05) is 37.3 Å². The van der Waals surface area contributed by atoms with Gasteiger partial charge in [0.1, 0.15) is 0 Å². The maximum Gasteiger partial charge on any atom is 0.161 e. The highest BCUT2D eigenvalue weighted by atomic mass is 16.5. The van der Waals surface area contributed by atoms with Crippen molar-refractivity contribution in [3.63, 3.8) is 0 Å². The first-order chi connectivity index (χ1) is 11.2. The third-order valence-electron chi connectivity index (χ3n) is 3.90. The van der Waals surface area contributed by atoms with Crippen LogP contribution in [0.1, 0.15) is 25.5 Å². The topological polar surface area (TPSA) is 47.7 Å². The van der Waals surface area contributed by atoms with Gasteiger partial charge in [-0.1, -0.05) is 24.3 Å². The highest BCUT2D eigenvalue weighted by molar-refractivity contribution is 5.51. The van der Waals surface area contributed by atoms with E-state index in [4.69, 9.17) is 15.2 Å². The Balaban J connectivity index is 2.37. The lowest BCUT2D eigenvalue weighted by Gasteiger charge is -2.32. The minimum atomic E-state index is 0.0903. The second kappa shape index (κ2) is 8.44. The molecule has 0 aliphatic heterocycles. The van der Waals surface area contributed by atoms with Crippen LogP contribution in [0.5, 0.6) is 11.5 Å². The number of para-hydroxylation sites is 1. The second-order valence-electron chi connectivity index (χ2n) is 5.22. The first kappa shape index (κ1) is 17.2. The van der Waals surface area contributed by atoms with Crippen LogP contribution in [-0.4, -0.2) is 26.8 Å². The second-order valence-corrected chi connectivity index (χ2v) is 5.22. The molecule has 0 bridgehead atoms. The fraction of sp³-hybridized carbons (Fsp3) is 0.368. The molecule has 2 aromatic carbocycles. The normalized spacial score (nSPS) is 11.8. The van der Waals surface area contributed by atoms with Crippen molar-refractivity contribution >= 4 is 5.69 Å². The highest BCUT2D eigenvalue weighted by Gasteiger charge is 2.20. The first-order valence-electron chi connectivity index (χ1n) is 8.07. The fourth-order valence-electron chi connectivity index (χ4n) is 2.81. The van der Waals surface area contributed by atoms with E-state index < -0.39 is 0 Å². The van der Waals surface area contributed by atoms with E-state index in [2.05, 4.69) is 30.0 Å². The van der Waals surface area contributed by atoms with Crippen LogP contribution in [0.4, 0.5) is 5.69 Å². The third kappa shape index (κ3) is 3.96. The van der Waals surface area contributed by atoms with Crippen molar-refractivity contribution < 1.29 is 9.47 Å². The van der Waals surface area contributed by atoms with Crippen LogP contribution in [0.2, 0.25) is 0 Å². The number of hydrogen-bond donors (Lipinski definition) is 1. The Bertz CT molecular complexity index is 602. The van der Waals surface area contributed by atoms with Gasteiger partial charge in [-0.05, 0) is 43.7 Å². The summed E-state index contributed by atoms with van der Waals surface area (Å²) in [7, 11) is 1.65. The van der Waals surface area contributed by atoms with Crippen LogP contribution in [0.25, 0.3) is 0 Å². The average Bonchev–Trinajstić information content (AvgIpc) is 2.60. The number of anilines is 1. The molecule has 0 aliphatic carbocycles. The van der Waals surface area contributed by atoms with E-state index in [1.54, 1.807) is 7.11 Å². The molecule has 0 radical (unpaired) electrons. The Morgan fingerprint density at radius 1 is 1.04 bits per heavy atom. The Kier molecular flexibility index (Phi) is 6.29. The predicted molar refractivity (Wildman–Crippen MR) is 95.4 cm³/mol. The van der Waals surface area contributed by atoms with E-state index in [0.29, 0.717) is 13.2 Å². The zero-order chi connectivity index (χ0) is 16.7. The SMILES string of the molecule is CCOc1cc(C(CN)N(CC)c2ccccc2)ccc1OC. The molecule has 0 fully saturated rings. The van der Waals surface area contributed by atoms with Crippen LogP contribution < -0.4 is 20.1 Å². The van der Waals surface area contributed by atoms with E-state index in [1.165, 1.54) is 5.69 Å². The van der Waals surface area contributed by atoms with Crippen molar-refractivity contribution in [3.05, 3.63) is 54.1 Å². The van der Waals surface area contributed by atoms with Gasteiger partial charge in [0.2, 0.25) is 0 Å². The molecule has 1 atom stereocenters. The van der Waals surface area contributed by atoms with Gasteiger partial charge in [0.15, 0.2) is 11.5 Å². The third-order valence-corrected chi connectivity index (χ3v) is 3.90. The molecule has 1 unspecified atom stereocenters. The molecule has 0 aromatic heterocycles. The maximum atomic E-state index is 6.10. The summed E-state index contributed by atoms with van der Waals surface area (Å²) in [4.78, 5) is 2.30. The van der Waals surface area contributed by atoms with Gasteiger partial charge in [0, 0.05) is 18.8 Å². The van der Waals surface area contributed by atoms with Crippen molar-refractivity contribution in [2.45, 2.75) is 19.9 Å². The van der Waals surface area contributed by atoms with Crippen LogP contribution in [-0.2, 0) is 0 Å². The number of likely N-dealkylation sites (N-methyl/N-ethyl adjacent to an activating group) is 1. The molecule has 2 rings (SSSR count). The molecule has 0 spiro atoms. The summed E-state index contributed by atoms with van der Waals surface area (Å²) in [5.41, 5.74) is 8.39. The molecule has 0 amide bonds. The standard InChI is InChI=1S/C19H26N2O2/c1-4-21(16-9-7-6-8-10-16)17(14-20)15-11-12-18(22-3)19(13-15)23-5-2/h6-13,17H,4-5,14,20H2,1-3H3. The van der Waals surface area contributed by atoms with Crippen LogP contribution in [0.3, 0.4) is 0 Å². The Morgan fingerprint density at radius 2 is 1.78 bits per heavy atom. The van der Waals surface area contributed by atoms with E-state index in [0.717, 1.165) is 23.6 Å². The van der Waals surface area contributed by atoms with Crippen LogP contribution in [0, 0.1) is 0 Å².